The van der Waals surface area contributed by atoms with Crippen LogP contribution < -0.4 is 14.8 Å². The lowest BCUT2D eigenvalue weighted by atomic mass is 10.1. The number of hydrogen-bond acceptors (Lipinski definition) is 5. The largest absolute Gasteiger partial charge is 0.493 e. The second-order valence-corrected chi connectivity index (χ2v) is 7.30. The third-order valence-electron chi connectivity index (χ3n) is 4.36. The van der Waals surface area contributed by atoms with E-state index in [1.807, 2.05) is 0 Å². The number of benzene rings is 1. The van der Waals surface area contributed by atoms with Crippen LogP contribution >= 0.6 is 0 Å². The fourth-order valence-electron chi connectivity index (χ4n) is 3.22. The van der Waals surface area contributed by atoms with Gasteiger partial charge in [0.25, 0.3) is 0 Å². The number of nitrogens with zero attached hydrogens (tertiary/aromatic N) is 1. The maximum Gasteiger partial charge on any atom is 0.243 e. The van der Waals surface area contributed by atoms with E-state index >= 15 is 0 Å². The highest BCUT2D eigenvalue weighted by Gasteiger charge is 2.43. The average Bonchev–Trinajstić information content (AvgIpc) is 3.09. The Morgan fingerprint density at radius 3 is 2.67 bits per heavy atom. The summed E-state index contributed by atoms with van der Waals surface area (Å²) in [5.41, 5.74) is 0. The van der Waals surface area contributed by atoms with Gasteiger partial charge in [0, 0.05) is 25.2 Å². The molecule has 2 heterocycles. The molecule has 2 unspecified atom stereocenters. The van der Waals surface area contributed by atoms with Crippen LogP contribution in [0.25, 0.3) is 0 Å². The van der Waals surface area contributed by atoms with E-state index in [0.29, 0.717) is 24.0 Å². The summed E-state index contributed by atoms with van der Waals surface area (Å²) in [5, 5.41) is 3.27. The van der Waals surface area contributed by atoms with Crippen LogP contribution in [0.4, 0.5) is 0 Å². The lowest BCUT2D eigenvalue weighted by Crippen LogP contribution is -2.39. The van der Waals surface area contributed by atoms with Gasteiger partial charge in [-0.1, -0.05) is 0 Å². The van der Waals surface area contributed by atoms with Gasteiger partial charge in [-0.15, -0.1) is 0 Å². The van der Waals surface area contributed by atoms with E-state index in [-0.39, 0.29) is 10.9 Å². The summed E-state index contributed by atoms with van der Waals surface area (Å²) in [7, 11) is -0.463. The van der Waals surface area contributed by atoms with Crippen LogP contribution in [-0.2, 0) is 10.0 Å². The molecule has 0 aliphatic carbocycles. The van der Waals surface area contributed by atoms with Crippen molar-refractivity contribution in [2.24, 2.45) is 5.92 Å². The average molecular weight is 312 g/mol. The number of fused-ring (bicyclic) bond motifs is 1. The molecule has 6 nitrogen and oxygen atoms in total. The standard InChI is InChI=1S/C14H20N2O4S/c1-19-13-4-3-11(7-14(13)20-2)21(17,18)16-6-5-10-8-15-9-12(10)16/h3-4,7,10,12,15H,5-6,8-9H2,1-2H3. The number of hydrogen-bond donors (Lipinski definition) is 1. The van der Waals surface area contributed by atoms with Crippen molar-refractivity contribution in [2.45, 2.75) is 17.4 Å². The van der Waals surface area contributed by atoms with Gasteiger partial charge in [0.15, 0.2) is 11.5 Å². The minimum atomic E-state index is -3.49. The minimum absolute atomic E-state index is 0.0723. The Morgan fingerprint density at radius 2 is 1.95 bits per heavy atom. The molecule has 2 aliphatic heterocycles. The molecule has 0 aromatic heterocycles. The number of sulfonamides is 1. The molecule has 0 amide bonds. The van der Waals surface area contributed by atoms with Gasteiger partial charge >= 0.3 is 0 Å². The maximum absolute atomic E-state index is 12.8. The van der Waals surface area contributed by atoms with Crippen molar-refractivity contribution in [3.8, 4) is 11.5 Å². The molecule has 116 valence electrons. The first kappa shape index (κ1) is 14.6. The normalized spacial score (nSPS) is 25.8. The third-order valence-corrected chi connectivity index (χ3v) is 6.28. The van der Waals surface area contributed by atoms with E-state index < -0.39 is 10.0 Å². The Balaban J connectivity index is 1.95. The molecule has 2 atom stereocenters. The molecule has 0 bridgehead atoms. The van der Waals surface area contributed by atoms with Crippen LogP contribution in [0.3, 0.4) is 0 Å². The second-order valence-electron chi connectivity index (χ2n) is 5.41. The van der Waals surface area contributed by atoms with Crippen molar-refractivity contribution in [1.29, 1.82) is 0 Å². The summed E-state index contributed by atoms with van der Waals surface area (Å²) >= 11 is 0. The van der Waals surface area contributed by atoms with Crippen LogP contribution in [0, 0.1) is 5.92 Å². The number of rotatable bonds is 4. The molecule has 0 spiro atoms. The van der Waals surface area contributed by atoms with E-state index in [9.17, 15) is 8.42 Å². The van der Waals surface area contributed by atoms with E-state index in [0.717, 1.165) is 19.5 Å². The van der Waals surface area contributed by atoms with Crippen LogP contribution in [0.1, 0.15) is 6.42 Å². The molecule has 7 heteroatoms. The smallest absolute Gasteiger partial charge is 0.243 e. The summed E-state index contributed by atoms with van der Waals surface area (Å²) in [6.45, 7) is 2.23. The van der Waals surface area contributed by atoms with Crippen molar-refractivity contribution in [2.75, 3.05) is 33.9 Å². The predicted octanol–water partition coefficient (Wildman–Crippen LogP) is 0.686. The van der Waals surface area contributed by atoms with E-state index in [2.05, 4.69) is 5.32 Å². The van der Waals surface area contributed by atoms with Crippen LogP contribution in [-0.4, -0.2) is 52.6 Å². The van der Waals surface area contributed by atoms with Crippen LogP contribution in [0.5, 0.6) is 11.5 Å². The first-order valence-electron chi connectivity index (χ1n) is 7.02. The van der Waals surface area contributed by atoms with Gasteiger partial charge in [-0.25, -0.2) is 8.42 Å². The topological polar surface area (TPSA) is 67.9 Å². The Labute approximate surface area is 125 Å². The predicted molar refractivity (Wildman–Crippen MR) is 78.2 cm³/mol. The van der Waals surface area contributed by atoms with Gasteiger partial charge in [-0.2, -0.15) is 4.31 Å². The fraction of sp³-hybridized carbons (Fsp3) is 0.571. The molecule has 21 heavy (non-hydrogen) atoms. The molecular weight excluding hydrogens is 292 g/mol. The fourth-order valence-corrected chi connectivity index (χ4v) is 4.94. The van der Waals surface area contributed by atoms with Gasteiger partial charge < -0.3 is 14.8 Å². The molecule has 1 aromatic rings. The van der Waals surface area contributed by atoms with Crippen molar-refractivity contribution in [1.82, 2.24) is 9.62 Å². The number of methoxy groups -OCH3 is 2. The second kappa shape index (κ2) is 5.47. The van der Waals surface area contributed by atoms with Gasteiger partial charge in [-0.05, 0) is 31.0 Å². The molecule has 1 aromatic carbocycles. The van der Waals surface area contributed by atoms with Crippen molar-refractivity contribution < 1.29 is 17.9 Å². The monoisotopic (exact) mass is 312 g/mol. The summed E-state index contributed by atoms with van der Waals surface area (Å²) in [5.74, 6) is 1.39. The van der Waals surface area contributed by atoms with E-state index in [1.54, 1.807) is 16.4 Å². The lowest BCUT2D eigenvalue weighted by Gasteiger charge is -2.23. The highest BCUT2D eigenvalue weighted by atomic mass is 32.2. The summed E-state index contributed by atoms with van der Waals surface area (Å²) < 4.78 is 37.7. The van der Waals surface area contributed by atoms with Gasteiger partial charge in [0.05, 0.1) is 19.1 Å². The molecule has 3 rings (SSSR count). The minimum Gasteiger partial charge on any atom is -0.493 e. The molecule has 0 radical (unpaired) electrons. The first-order valence-corrected chi connectivity index (χ1v) is 8.46. The number of ether oxygens (including phenoxy) is 2. The van der Waals surface area contributed by atoms with Crippen LogP contribution in [0.2, 0.25) is 0 Å². The summed E-state index contributed by atoms with van der Waals surface area (Å²) in [6, 6.07) is 4.81. The lowest BCUT2D eigenvalue weighted by molar-refractivity contribution is 0.353. The van der Waals surface area contributed by atoms with Crippen LogP contribution in [0.15, 0.2) is 23.1 Å². The zero-order chi connectivity index (χ0) is 15.0. The Kier molecular flexibility index (Phi) is 3.81. The van der Waals surface area contributed by atoms with Gasteiger partial charge in [0.2, 0.25) is 10.0 Å². The molecule has 2 aliphatic rings. The van der Waals surface area contributed by atoms with Crippen molar-refractivity contribution in [3.63, 3.8) is 0 Å². The van der Waals surface area contributed by atoms with E-state index in [4.69, 9.17) is 9.47 Å². The summed E-state index contributed by atoms with van der Waals surface area (Å²) in [6.07, 6.45) is 0.921. The molecular formula is C14H20N2O4S. The molecule has 2 saturated heterocycles. The highest BCUT2D eigenvalue weighted by Crippen LogP contribution is 2.35. The Hall–Kier alpha value is -1.31. The maximum atomic E-state index is 12.8. The SMILES string of the molecule is COc1ccc(S(=O)(=O)N2CCC3CNCC32)cc1OC. The van der Waals surface area contributed by atoms with Gasteiger partial charge in [-0.3, -0.25) is 0 Å². The Morgan fingerprint density at radius 1 is 1.19 bits per heavy atom. The quantitative estimate of drug-likeness (QED) is 0.886. The van der Waals surface area contributed by atoms with Crippen molar-refractivity contribution >= 4 is 10.0 Å². The zero-order valence-electron chi connectivity index (χ0n) is 12.2. The highest BCUT2D eigenvalue weighted by molar-refractivity contribution is 7.89. The Bertz CT molecular complexity index is 632. The molecule has 1 N–H and O–H groups in total. The molecule has 0 saturated carbocycles. The first-order chi connectivity index (χ1) is 10.1. The number of nitrogens with one attached hydrogen (secondary N) is 1. The molecule has 2 fully saturated rings. The van der Waals surface area contributed by atoms with E-state index in [1.165, 1.54) is 20.3 Å². The van der Waals surface area contributed by atoms with Crippen molar-refractivity contribution in [3.05, 3.63) is 18.2 Å². The summed E-state index contributed by atoms with van der Waals surface area (Å²) in [4.78, 5) is 0.257. The zero-order valence-corrected chi connectivity index (χ0v) is 13.0. The van der Waals surface area contributed by atoms with Gasteiger partial charge in [0.1, 0.15) is 0 Å². The third kappa shape index (κ3) is 2.39.